The summed E-state index contributed by atoms with van der Waals surface area (Å²) < 4.78 is 5.79. The normalized spacial score (nSPS) is 10.7. The third-order valence-electron chi connectivity index (χ3n) is 3.93. The van der Waals surface area contributed by atoms with Crippen LogP contribution in [0, 0.1) is 13.8 Å². The summed E-state index contributed by atoms with van der Waals surface area (Å²) in [6.07, 6.45) is 0.321. The SMILES string of the molecule is Cc1cc(C)cc(OCCN(C)C(=O)Cc2csc(-c3cccs3)n2)c1. The van der Waals surface area contributed by atoms with Crippen molar-refractivity contribution in [3.8, 4) is 15.6 Å². The summed E-state index contributed by atoms with van der Waals surface area (Å²) in [5.74, 6) is 0.903. The lowest BCUT2D eigenvalue weighted by Gasteiger charge is -2.17. The van der Waals surface area contributed by atoms with Crippen molar-refractivity contribution >= 4 is 28.6 Å². The Morgan fingerprint density at radius 1 is 1.19 bits per heavy atom. The second-order valence-corrected chi connectivity index (χ2v) is 8.09. The van der Waals surface area contributed by atoms with Crippen LogP contribution in [0.15, 0.2) is 41.1 Å². The molecule has 136 valence electrons. The molecule has 1 aromatic carbocycles. The molecule has 0 saturated carbocycles. The maximum atomic E-state index is 12.4. The molecule has 6 heteroatoms. The van der Waals surface area contributed by atoms with Gasteiger partial charge in [0, 0.05) is 12.4 Å². The number of amides is 1. The van der Waals surface area contributed by atoms with Gasteiger partial charge >= 0.3 is 0 Å². The zero-order chi connectivity index (χ0) is 18.5. The third-order valence-corrected chi connectivity index (χ3v) is 5.86. The zero-order valence-electron chi connectivity index (χ0n) is 15.2. The molecule has 1 amide bonds. The van der Waals surface area contributed by atoms with Crippen LogP contribution in [0.5, 0.6) is 5.75 Å². The number of hydrogen-bond acceptors (Lipinski definition) is 5. The van der Waals surface area contributed by atoms with E-state index in [0.29, 0.717) is 19.6 Å². The van der Waals surface area contributed by atoms with Gasteiger partial charge in [0.05, 0.1) is 23.5 Å². The third kappa shape index (κ3) is 4.93. The fourth-order valence-electron chi connectivity index (χ4n) is 2.63. The van der Waals surface area contributed by atoms with Gasteiger partial charge in [-0.2, -0.15) is 0 Å². The molecule has 0 N–H and O–H groups in total. The van der Waals surface area contributed by atoms with Gasteiger partial charge in [0.2, 0.25) is 5.91 Å². The van der Waals surface area contributed by atoms with E-state index < -0.39 is 0 Å². The predicted octanol–water partition coefficient (Wildman–Crippen LogP) is 4.57. The van der Waals surface area contributed by atoms with Crippen molar-refractivity contribution in [2.24, 2.45) is 0 Å². The maximum absolute atomic E-state index is 12.4. The van der Waals surface area contributed by atoms with Crippen molar-refractivity contribution < 1.29 is 9.53 Å². The molecule has 0 aliphatic carbocycles. The molecule has 0 bridgehead atoms. The van der Waals surface area contributed by atoms with E-state index in [2.05, 4.69) is 11.1 Å². The minimum atomic E-state index is 0.0528. The molecule has 2 heterocycles. The van der Waals surface area contributed by atoms with E-state index in [4.69, 9.17) is 4.74 Å². The Bertz CT molecular complexity index is 852. The molecular weight excluding hydrogens is 364 g/mol. The largest absolute Gasteiger partial charge is 0.492 e. The van der Waals surface area contributed by atoms with Crippen LogP contribution < -0.4 is 4.74 Å². The molecule has 0 radical (unpaired) electrons. The molecular formula is C20H22N2O2S2. The van der Waals surface area contributed by atoms with Crippen molar-refractivity contribution in [1.29, 1.82) is 0 Å². The highest BCUT2D eigenvalue weighted by Crippen LogP contribution is 2.28. The zero-order valence-corrected chi connectivity index (χ0v) is 16.8. The Labute approximate surface area is 162 Å². The van der Waals surface area contributed by atoms with E-state index in [1.165, 1.54) is 11.1 Å². The molecule has 0 unspecified atom stereocenters. The summed E-state index contributed by atoms with van der Waals surface area (Å²) >= 11 is 3.24. The second-order valence-electron chi connectivity index (χ2n) is 6.29. The average molecular weight is 387 g/mol. The number of carbonyl (C=O) groups excluding carboxylic acids is 1. The lowest BCUT2D eigenvalue weighted by molar-refractivity contribution is -0.129. The van der Waals surface area contributed by atoms with E-state index in [-0.39, 0.29) is 5.91 Å². The molecule has 3 aromatic rings. The average Bonchev–Trinajstić information content (AvgIpc) is 3.24. The van der Waals surface area contributed by atoms with Crippen LogP contribution >= 0.6 is 22.7 Å². The van der Waals surface area contributed by atoms with Crippen LogP contribution in [-0.2, 0) is 11.2 Å². The number of aryl methyl sites for hydroxylation is 2. The van der Waals surface area contributed by atoms with Crippen LogP contribution in [0.1, 0.15) is 16.8 Å². The molecule has 0 spiro atoms. The lowest BCUT2D eigenvalue weighted by atomic mass is 10.1. The molecule has 0 saturated heterocycles. The molecule has 0 aliphatic heterocycles. The van der Waals surface area contributed by atoms with Gasteiger partial charge in [-0.05, 0) is 48.6 Å². The number of likely N-dealkylation sites (N-methyl/N-ethyl adjacent to an activating group) is 1. The first-order valence-electron chi connectivity index (χ1n) is 8.44. The van der Waals surface area contributed by atoms with E-state index in [1.54, 1.807) is 34.6 Å². The number of nitrogens with zero attached hydrogens (tertiary/aromatic N) is 2. The summed E-state index contributed by atoms with van der Waals surface area (Å²) in [6.45, 7) is 5.12. The number of hydrogen-bond donors (Lipinski definition) is 0. The first kappa shape index (κ1) is 18.6. The van der Waals surface area contributed by atoms with Gasteiger partial charge in [0.25, 0.3) is 0 Å². The highest BCUT2D eigenvalue weighted by molar-refractivity contribution is 7.20. The number of benzene rings is 1. The van der Waals surface area contributed by atoms with E-state index in [1.807, 2.05) is 48.9 Å². The highest BCUT2D eigenvalue weighted by Gasteiger charge is 2.13. The minimum absolute atomic E-state index is 0.0528. The Morgan fingerprint density at radius 3 is 2.65 bits per heavy atom. The molecule has 4 nitrogen and oxygen atoms in total. The Morgan fingerprint density at radius 2 is 1.96 bits per heavy atom. The number of carbonyl (C=O) groups is 1. The molecule has 3 rings (SSSR count). The van der Waals surface area contributed by atoms with Gasteiger partial charge in [-0.3, -0.25) is 4.79 Å². The second kappa shape index (κ2) is 8.47. The molecule has 0 atom stereocenters. The topological polar surface area (TPSA) is 42.4 Å². The summed E-state index contributed by atoms with van der Waals surface area (Å²) in [5.41, 5.74) is 3.18. The van der Waals surface area contributed by atoms with Crippen molar-refractivity contribution in [2.45, 2.75) is 20.3 Å². The Balaban J connectivity index is 1.48. The van der Waals surface area contributed by atoms with Crippen molar-refractivity contribution in [1.82, 2.24) is 9.88 Å². The predicted molar refractivity (Wildman–Crippen MR) is 108 cm³/mol. The number of thiazole rings is 1. The maximum Gasteiger partial charge on any atom is 0.228 e. The fourth-order valence-corrected chi connectivity index (χ4v) is 4.27. The van der Waals surface area contributed by atoms with Gasteiger partial charge in [-0.1, -0.05) is 12.1 Å². The van der Waals surface area contributed by atoms with E-state index >= 15 is 0 Å². The standard InChI is InChI=1S/C20H22N2O2S2/c1-14-9-15(2)11-17(10-14)24-7-6-22(3)19(23)12-16-13-26-20(21-16)18-5-4-8-25-18/h4-5,8-11,13H,6-7,12H2,1-3H3. The molecule has 0 aliphatic rings. The van der Waals surface area contributed by atoms with Crippen LogP contribution in [0.25, 0.3) is 9.88 Å². The first-order chi connectivity index (χ1) is 12.5. The van der Waals surface area contributed by atoms with Gasteiger partial charge < -0.3 is 9.64 Å². The summed E-state index contributed by atoms with van der Waals surface area (Å²) in [6, 6.07) is 10.2. The molecule has 2 aromatic heterocycles. The van der Waals surface area contributed by atoms with Crippen LogP contribution in [-0.4, -0.2) is 36.0 Å². The number of thiophene rings is 1. The number of rotatable bonds is 7. The van der Waals surface area contributed by atoms with Crippen LogP contribution in [0.3, 0.4) is 0 Å². The minimum Gasteiger partial charge on any atom is -0.492 e. The summed E-state index contributed by atoms with van der Waals surface area (Å²) in [4.78, 5) is 19.8. The Kier molecular flexibility index (Phi) is 6.06. The number of ether oxygens (including phenoxy) is 1. The quantitative estimate of drug-likeness (QED) is 0.597. The first-order valence-corrected chi connectivity index (χ1v) is 10.2. The fraction of sp³-hybridized carbons (Fsp3) is 0.300. The molecule has 26 heavy (non-hydrogen) atoms. The smallest absolute Gasteiger partial charge is 0.228 e. The van der Waals surface area contributed by atoms with Crippen LogP contribution in [0.4, 0.5) is 0 Å². The van der Waals surface area contributed by atoms with Crippen molar-refractivity contribution in [3.63, 3.8) is 0 Å². The van der Waals surface area contributed by atoms with Crippen molar-refractivity contribution in [2.75, 3.05) is 20.2 Å². The van der Waals surface area contributed by atoms with E-state index in [9.17, 15) is 4.79 Å². The highest BCUT2D eigenvalue weighted by atomic mass is 32.1. The van der Waals surface area contributed by atoms with Crippen LogP contribution in [0.2, 0.25) is 0 Å². The van der Waals surface area contributed by atoms with Crippen molar-refractivity contribution in [3.05, 3.63) is 57.9 Å². The monoisotopic (exact) mass is 386 g/mol. The van der Waals surface area contributed by atoms with Gasteiger partial charge in [0.15, 0.2) is 0 Å². The molecule has 0 fully saturated rings. The van der Waals surface area contributed by atoms with Gasteiger partial charge in [-0.25, -0.2) is 4.98 Å². The summed E-state index contributed by atoms with van der Waals surface area (Å²) in [5, 5.41) is 4.97. The summed E-state index contributed by atoms with van der Waals surface area (Å²) in [7, 11) is 1.81. The van der Waals surface area contributed by atoms with Gasteiger partial charge in [-0.15, -0.1) is 22.7 Å². The van der Waals surface area contributed by atoms with E-state index in [0.717, 1.165) is 21.3 Å². The Hall–Kier alpha value is -2.18. The lowest BCUT2D eigenvalue weighted by Crippen LogP contribution is -2.32. The van der Waals surface area contributed by atoms with Gasteiger partial charge in [0.1, 0.15) is 17.4 Å². The number of aromatic nitrogens is 1.